The number of pyridine rings is 1. The first-order chi connectivity index (χ1) is 12.1. The largest absolute Gasteiger partial charge is 0.341 e. The molecule has 5 nitrogen and oxygen atoms in total. The lowest BCUT2D eigenvalue weighted by molar-refractivity contribution is -0.130. The zero-order valence-corrected chi connectivity index (χ0v) is 13.9. The van der Waals surface area contributed by atoms with Crippen molar-refractivity contribution in [1.82, 2.24) is 14.8 Å². The summed E-state index contributed by atoms with van der Waals surface area (Å²) in [7, 11) is 0. The molecule has 2 aromatic rings. The van der Waals surface area contributed by atoms with E-state index < -0.39 is 0 Å². The van der Waals surface area contributed by atoms with Crippen LogP contribution in [0.25, 0.3) is 0 Å². The second-order valence-electron chi connectivity index (χ2n) is 6.04. The SMILES string of the molecule is O=C(Cc1ccccc1F)N1CCCN(C(=O)c2cccnc2)CC1. The van der Waals surface area contributed by atoms with Crippen molar-refractivity contribution in [2.45, 2.75) is 12.8 Å². The van der Waals surface area contributed by atoms with E-state index in [0.717, 1.165) is 0 Å². The van der Waals surface area contributed by atoms with Gasteiger partial charge in [-0.25, -0.2) is 4.39 Å². The van der Waals surface area contributed by atoms with Crippen molar-refractivity contribution >= 4 is 11.8 Å². The Morgan fingerprint density at radius 2 is 1.76 bits per heavy atom. The van der Waals surface area contributed by atoms with Crippen LogP contribution in [-0.4, -0.2) is 52.8 Å². The van der Waals surface area contributed by atoms with Gasteiger partial charge in [0.2, 0.25) is 5.91 Å². The molecule has 0 bridgehead atoms. The molecule has 0 aliphatic carbocycles. The Labute approximate surface area is 146 Å². The summed E-state index contributed by atoms with van der Waals surface area (Å²) in [5, 5.41) is 0. The van der Waals surface area contributed by atoms with Crippen molar-refractivity contribution in [2.75, 3.05) is 26.2 Å². The minimum atomic E-state index is -0.362. The van der Waals surface area contributed by atoms with Crippen molar-refractivity contribution in [1.29, 1.82) is 0 Å². The van der Waals surface area contributed by atoms with Crippen molar-refractivity contribution in [3.05, 3.63) is 65.7 Å². The molecule has 0 radical (unpaired) electrons. The first kappa shape index (κ1) is 17.1. The predicted octanol–water partition coefficient (Wildman–Crippen LogP) is 2.14. The van der Waals surface area contributed by atoms with E-state index in [1.807, 2.05) is 0 Å². The van der Waals surface area contributed by atoms with E-state index in [4.69, 9.17) is 0 Å². The lowest BCUT2D eigenvalue weighted by atomic mass is 10.1. The maximum absolute atomic E-state index is 13.7. The first-order valence-electron chi connectivity index (χ1n) is 8.35. The molecule has 6 heteroatoms. The monoisotopic (exact) mass is 341 g/mol. The van der Waals surface area contributed by atoms with Gasteiger partial charge in [-0.05, 0) is 30.2 Å². The number of carbonyl (C=O) groups excluding carboxylic acids is 2. The fourth-order valence-corrected chi connectivity index (χ4v) is 2.96. The van der Waals surface area contributed by atoms with Gasteiger partial charge in [-0.1, -0.05) is 18.2 Å². The van der Waals surface area contributed by atoms with E-state index in [0.29, 0.717) is 43.7 Å². The van der Waals surface area contributed by atoms with Gasteiger partial charge >= 0.3 is 0 Å². The highest BCUT2D eigenvalue weighted by Crippen LogP contribution is 2.12. The Morgan fingerprint density at radius 1 is 1.00 bits per heavy atom. The summed E-state index contributed by atoms with van der Waals surface area (Å²) < 4.78 is 13.7. The van der Waals surface area contributed by atoms with Crippen LogP contribution < -0.4 is 0 Å². The fraction of sp³-hybridized carbons (Fsp3) is 0.316. The van der Waals surface area contributed by atoms with Crippen LogP contribution in [0.2, 0.25) is 0 Å². The van der Waals surface area contributed by atoms with Gasteiger partial charge in [0.1, 0.15) is 5.82 Å². The third kappa shape index (κ3) is 4.21. The maximum atomic E-state index is 13.7. The fourth-order valence-electron chi connectivity index (χ4n) is 2.96. The third-order valence-electron chi connectivity index (χ3n) is 4.34. The number of halogens is 1. The lowest BCUT2D eigenvalue weighted by Gasteiger charge is -2.22. The number of nitrogens with zero attached hydrogens (tertiary/aromatic N) is 3. The molecule has 0 spiro atoms. The Hall–Kier alpha value is -2.76. The molecule has 1 aliphatic rings. The molecule has 1 aromatic carbocycles. The summed E-state index contributed by atoms with van der Waals surface area (Å²) in [4.78, 5) is 32.4. The van der Waals surface area contributed by atoms with Crippen LogP contribution >= 0.6 is 0 Å². The van der Waals surface area contributed by atoms with Gasteiger partial charge in [0, 0.05) is 38.6 Å². The number of benzene rings is 1. The van der Waals surface area contributed by atoms with Gasteiger partial charge < -0.3 is 9.80 Å². The second-order valence-corrected chi connectivity index (χ2v) is 6.04. The molecule has 1 aliphatic heterocycles. The molecule has 3 rings (SSSR count). The summed E-state index contributed by atoms with van der Waals surface area (Å²) in [6, 6.07) is 9.79. The van der Waals surface area contributed by atoms with E-state index in [1.165, 1.54) is 6.07 Å². The summed E-state index contributed by atoms with van der Waals surface area (Å²) in [5.41, 5.74) is 0.952. The Balaban J connectivity index is 1.60. The average Bonchev–Trinajstić information content (AvgIpc) is 2.90. The molecule has 0 saturated carbocycles. The summed E-state index contributed by atoms with van der Waals surface area (Å²) in [5.74, 6) is -0.545. The molecule has 0 N–H and O–H groups in total. The Morgan fingerprint density at radius 3 is 2.52 bits per heavy atom. The molecule has 1 fully saturated rings. The van der Waals surface area contributed by atoms with E-state index in [-0.39, 0.29) is 24.1 Å². The number of carbonyl (C=O) groups is 2. The van der Waals surface area contributed by atoms with Crippen LogP contribution in [0.1, 0.15) is 22.3 Å². The summed E-state index contributed by atoms with van der Waals surface area (Å²) in [6.45, 7) is 2.09. The van der Waals surface area contributed by atoms with Gasteiger partial charge in [0.15, 0.2) is 0 Å². The smallest absolute Gasteiger partial charge is 0.255 e. The maximum Gasteiger partial charge on any atom is 0.255 e. The molecular formula is C19H20FN3O2. The molecule has 2 heterocycles. The number of rotatable bonds is 3. The lowest BCUT2D eigenvalue weighted by Crippen LogP contribution is -2.38. The number of hydrogen-bond acceptors (Lipinski definition) is 3. The van der Waals surface area contributed by atoms with Crippen LogP contribution in [0, 0.1) is 5.82 Å². The molecule has 130 valence electrons. The van der Waals surface area contributed by atoms with Crippen molar-refractivity contribution < 1.29 is 14.0 Å². The zero-order valence-electron chi connectivity index (χ0n) is 13.9. The molecule has 1 aromatic heterocycles. The van der Waals surface area contributed by atoms with Crippen molar-refractivity contribution in [3.8, 4) is 0 Å². The van der Waals surface area contributed by atoms with Crippen LogP contribution in [0.3, 0.4) is 0 Å². The highest BCUT2D eigenvalue weighted by atomic mass is 19.1. The second kappa shape index (κ2) is 7.88. The van der Waals surface area contributed by atoms with Crippen LogP contribution in [0.5, 0.6) is 0 Å². The molecular weight excluding hydrogens is 321 g/mol. The molecule has 0 unspecified atom stereocenters. The van der Waals surface area contributed by atoms with Crippen molar-refractivity contribution in [3.63, 3.8) is 0 Å². The first-order valence-corrected chi connectivity index (χ1v) is 8.35. The van der Waals surface area contributed by atoms with E-state index in [2.05, 4.69) is 4.98 Å². The van der Waals surface area contributed by atoms with Gasteiger partial charge in [-0.2, -0.15) is 0 Å². The molecule has 1 saturated heterocycles. The van der Waals surface area contributed by atoms with Gasteiger partial charge in [-0.15, -0.1) is 0 Å². The Bertz CT molecular complexity index is 751. The van der Waals surface area contributed by atoms with E-state index in [1.54, 1.807) is 52.5 Å². The predicted molar refractivity (Wildman–Crippen MR) is 91.4 cm³/mol. The van der Waals surface area contributed by atoms with Gasteiger partial charge in [-0.3, -0.25) is 14.6 Å². The van der Waals surface area contributed by atoms with E-state index >= 15 is 0 Å². The number of hydrogen-bond donors (Lipinski definition) is 0. The van der Waals surface area contributed by atoms with Crippen LogP contribution in [0.15, 0.2) is 48.8 Å². The quantitative estimate of drug-likeness (QED) is 0.859. The van der Waals surface area contributed by atoms with Crippen LogP contribution in [-0.2, 0) is 11.2 Å². The third-order valence-corrected chi connectivity index (χ3v) is 4.34. The minimum Gasteiger partial charge on any atom is -0.341 e. The summed E-state index contributed by atoms with van der Waals surface area (Å²) in [6.07, 6.45) is 3.93. The normalized spacial score (nSPS) is 14.9. The topological polar surface area (TPSA) is 53.5 Å². The Kier molecular flexibility index (Phi) is 5.38. The minimum absolute atomic E-state index is 0.0449. The molecule has 25 heavy (non-hydrogen) atoms. The number of amides is 2. The molecule has 2 amide bonds. The highest BCUT2D eigenvalue weighted by molar-refractivity contribution is 5.94. The standard InChI is InChI=1S/C19H20FN3O2/c20-17-7-2-1-5-15(17)13-18(24)22-9-4-10-23(12-11-22)19(25)16-6-3-8-21-14-16/h1-3,5-8,14H,4,9-13H2. The van der Waals surface area contributed by atoms with Gasteiger partial charge in [0.25, 0.3) is 5.91 Å². The van der Waals surface area contributed by atoms with Crippen LogP contribution in [0.4, 0.5) is 4.39 Å². The summed E-state index contributed by atoms with van der Waals surface area (Å²) >= 11 is 0. The molecule has 0 atom stereocenters. The van der Waals surface area contributed by atoms with E-state index in [9.17, 15) is 14.0 Å². The zero-order chi connectivity index (χ0) is 17.6. The number of aromatic nitrogens is 1. The van der Waals surface area contributed by atoms with Crippen molar-refractivity contribution in [2.24, 2.45) is 0 Å². The van der Waals surface area contributed by atoms with Gasteiger partial charge in [0.05, 0.1) is 12.0 Å². The average molecular weight is 341 g/mol. The highest BCUT2D eigenvalue weighted by Gasteiger charge is 2.23.